The van der Waals surface area contributed by atoms with Crippen LogP contribution in [-0.4, -0.2) is 19.9 Å². The highest BCUT2D eigenvalue weighted by Gasteiger charge is 2.39. The quantitative estimate of drug-likeness (QED) is 0.803. The third-order valence-corrected chi connectivity index (χ3v) is 4.29. The van der Waals surface area contributed by atoms with Crippen molar-refractivity contribution >= 4 is 11.6 Å². The summed E-state index contributed by atoms with van der Waals surface area (Å²) in [6.07, 6.45) is 6.43. The number of hydrogen-bond donors (Lipinski definition) is 1. The summed E-state index contributed by atoms with van der Waals surface area (Å²) in [5.41, 5.74) is 7.45. The smallest absolute Gasteiger partial charge is 0.261 e. The highest BCUT2D eigenvalue weighted by Crippen LogP contribution is 2.37. The van der Waals surface area contributed by atoms with E-state index in [1.165, 1.54) is 0 Å². The minimum atomic E-state index is -0.423. The predicted octanol–water partition coefficient (Wildman–Crippen LogP) is 2.91. The van der Waals surface area contributed by atoms with Gasteiger partial charge in [-0.25, -0.2) is 4.68 Å². The largest absolute Gasteiger partial charge is 0.334 e. The molecule has 1 aliphatic rings. The lowest BCUT2D eigenvalue weighted by atomic mass is 9.77. The highest BCUT2D eigenvalue weighted by atomic mass is 35.5. The van der Waals surface area contributed by atoms with Gasteiger partial charge in [-0.3, -0.25) is 0 Å². The Hall–Kier alpha value is -2.18. The Morgan fingerprint density at radius 2 is 2.00 bits per heavy atom. The third kappa shape index (κ3) is 2.20. The van der Waals surface area contributed by atoms with Crippen LogP contribution in [0.4, 0.5) is 0 Å². The summed E-state index contributed by atoms with van der Waals surface area (Å²) in [4.78, 5) is 4.42. The second-order valence-electron chi connectivity index (χ2n) is 5.58. The Kier molecular flexibility index (Phi) is 3.02. The molecule has 0 atom stereocenters. The summed E-state index contributed by atoms with van der Waals surface area (Å²) in [6, 6.07) is 7.42. The first kappa shape index (κ1) is 13.5. The summed E-state index contributed by atoms with van der Waals surface area (Å²) >= 11 is 5.89. The fourth-order valence-electron chi connectivity index (χ4n) is 2.49. The van der Waals surface area contributed by atoms with Gasteiger partial charge in [-0.1, -0.05) is 16.8 Å². The normalized spacial score (nSPS) is 16.5. The van der Waals surface area contributed by atoms with Gasteiger partial charge in [-0.15, -0.1) is 0 Å². The van der Waals surface area contributed by atoms with Gasteiger partial charge in [0.1, 0.15) is 0 Å². The number of nitrogens with two attached hydrogens (primary N) is 1. The first-order valence-electron chi connectivity index (χ1n) is 7.08. The molecule has 2 N–H and O–H groups in total. The molecule has 112 valence electrons. The van der Waals surface area contributed by atoms with E-state index in [1.807, 2.05) is 30.5 Å². The van der Waals surface area contributed by atoms with E-state index in [2.05, 4.69) is 15.2 Å². The van der Waals surface area contributed by atoms with Crippen molar-refractivity contribution < 1.29 is 4.52 Å². The first-order valence-corrected chi connectivity index (χ1v) is 7.46. The van der Waals surface area contributed by atoms with Crippen molar-refractivity contribution in [2.24, 2.45) is 5.73 Å². The number of hydrogen-bond acceptors (Lipinski definition) is 5. The fraction of sp³-hybridized carbons (Fsp3) is 0.267. The molecule has 0 aliphatic heterocycles. The first-order chi connectivity index (χ1) is 10.6. The molecule has 2 aromatic heterocycles. The van der Waals surface area contributed by atoms with Crippen molar-refractivity contribution in [3.05, 3.63) is 47.5 Å². The molecule has 4 rings (SSSR count). The monoisotopic (exact) mass is 315 g/mol. The zero-order chi connectivity index (χ0) is 15.2. The molecule has 6 nitrogen and oxygen atoms in total. The summed E-state index contributed by atoms with van der Waals surface area (Å²) < 4.78 is 7.06. The molecule has 0 saturated heterocycles. The van der Waals surface area contributed by atoms with Crippen molar-refractivity contribution in [3.8, 4) is 17.1 Å². The SMILES string of the molecule is NC1(c2noc(-c3cnn(-c4ccc(Cl)cc4)c3)n2)CCC1. The number of rotatable bonds is 3. The lowest BCUT2D eigenvalue weighted by Gasteiger charge is -2.34. The molecule has 3 aromatic rings. The van der Waals surface area contributed by atoms with Gasteiger partial charge in [-0.2, -0.15) is 10.1 Å². The molecule has 0 unspecified atom stereocenters. The topological polar surface area (TPSA) is 82.8 Å². The molecule has 2 heterocycles. The van der Waals surface area contributed by atoms with Crippen molar-refractivity contribution in [3.63, 3.8) is 0 Å². The van der Waals surface area contributed by atoms with Crippen LogP contribution in [-0.2, 0) is 5.54 Å². The maximum Gasteiger partial charge on any atom is 0.261 e. The average molecular weight is 316 g/mol. The van der Waals surface area contributed by atoms with Crippen LogP contribution in [0.1, 0.15) is 25.1 Å². The minimum Gasteiger partial charge on any atom is -0.334 e. The van der Waals surface area contributed by atoms with Gasteiger partial charge in [0.05, 0.1) is 23.0 Å². The van der Waals surface area contributed by atoms with Gasteiger partial charge >= 0.3 is 0 Å². The van der Waals surface area contributed by atoms with Gasteiger partial charge in [0.15, 0.2) is 5.82 Å². The average Bonchev–Trinajstić information content (AvgIpc) is 3.14. The van der Waals surface area contributed by atoms with Crippen LogP contribution in [0.2, 0.25) is 5.02 Å². The zero-order valence-corrected chi connectivity index (χ0v) is 12.5. The minimum absolute atomic E-state index is 0.423. The van der Waals surface area contributed by atoms with Crippen LogP contribution < -0.4 is 5.73 Å². The lowest BCUT2D eigenvalue weighted by Crippen LogP contribution is -2.44. The van der Waals surface area contributed by atoms with Crippen molar-refractivity contribution in [2.45, 2.75) is 24.8 Å². The molecule has 0 radical (unpaired) electrons. The van der Waals surface area contributed by atoms with Crippen molar-refractivity contribution in [1.29, 1.82) is 0 Å². The van der Waals surface area contributed by atoms with E-state index in [0.29, 0.717) is 16.7 Å². The van der Waals surface area contributed by atoms with E-state index in [1.54, 1.807) is 10.9 Å². The van der Waals surface area contributed by atoms with Crippen LogP contribution in [0.3, 0.4) is 0 Å². The number of aromatic nitrogens is 4. The second-order valence-corrected chi connectivity index (χ2v) is 6.02. The maximum atomic E-state index is 6.21. The molecular formula is C15H14ClN5O. The van der Waals surface area contributed by atoms with Gasteiger partial charge in [0, 0.05) is 11.2 Å². The van der Waals surface area contributed by atoms with Gasteiger partial charge in [0.25, 0.3) is 5.89 Å². The molecule has 7 heteroatoms. The number of nitrogens with zero attached hydrogens (tertiary/aromatic N) is 4. The molecule has 22 heavy (non-hydrogen) atoms. The Morgan fingerprint density at radius 1 is 1.23 bits per heavy atom. The Morgan fingerprint density at radius 3 is 2.68 bits per heavy atom. The van der Waals surface area contributed by atoms with Crippen LogP contribution >= 0.6 is 11.6 Å². The summed E-state index contributed by atoms with van der Waals surface area (Å²) in [5, 5.41) is 9.01. The second kappa shape index (κ2) is 4.93. The van der Waals surface area contributed by atoms with Gasteiger partial charge in [-0.05, 0) is 43.5 Å². The number of benzene rings is 1. The van der Waals surface area contributed by atoms with E-state index in [-0.39, 0.29) is 0 Å². The standard InChI is InChI=1S/C15H14ClN5O/c16-11-2-4-12(5-3-11)21-9-10(8-18-21)13-19-14(20-22-13)15(17)6-1-7-15/h2-5,8-9H,1,6-7,17H2. The molecule has 0 spiro atoms. The van der Waals surface area contributed by atoms with Gasteiger partial charge in [0.2, 0.25) is 0 Å². The molecule has 1 aliphatic carbocycles. The number of halogens is 1. The van der Waals surface area contributed by atoms with E-state index < -0.39 is 5.54 Å². The van der Waals surface area contributed by atoms with Crippen molar-refractivity contribution in [1.82, 2.24) is 19.9 Å². The molecule has 1 aromatic carbocycles. The van der Waals surface area contributed by atoms with Crippen LogP contribution in [0, 0.1) is 0 Å². The third-order valence-electron chi connectivity index (χ3n) is 4.04. The Balaban J connectivity index is 1.63. The van der Waals surface area contributed by atoms with Crippen LogP contribution in [0.5, 0.6) is 0 Å². The molecule has 1 fully saturated rings. The predicted molar refractivity (Wildman–Crippen MR) is 81.6 cm³/mol. The lowest BCUT2D eigenvalue weighted by molar-refractivity contribution is 0.229. The molecular weight excluding hydrogens is 302 g/mol. The zero-order valence-electron chi connectivity index (χ0n) is 11.7. The molecule has 0 bridgehead atoms. The van der Waals surface area contributed by atoms with Gasteiger partial charge < -0.3 is 10.3 Å². The van der Waals surface area contributed by atoms with E-state index in [0.717, 1.165) is 30.5 Å². The van der Waals surface area contributed by atoms with E-state index in [4.69, 9.17) is 21.9 Å². The Bertz CT molecular complexity index is 803. The summed E-state index contributed by atoms with van der Waals surface area (Å²) in [6.45, 7) is 0. The fourth-order valence-corrected chi connectivity index (χ4v) is 2.62. The van der Waals surface area contributed by atoms with Crippen LogP contribution in [0.15, 0.2) is 41.2 Å². The molecule has 1 saturated carbocycles. The summed E-state index contributed by atoms with van der Waals surface area (Å²) in [5.74, 6) is 1.01. The van der Waals surface area contributed by atoms with Crippen LogP contribution in [0.25, 0.3) is 17.1 Å². The maximum absolute atomic E-state index is 6.21. The molecule has 0 amide bonds. The Labute approximate surface area is 131 Å². The summed E-state index contributed by atoms with van der Waals surface area (Å²) in [7, 11) is 0. The highest BCUT2D eigenvalue weighted by molar-refractivity contribution is 6.30. The van der Waals surface area contributed by atoms with E-state index >= 15 is 0 Å². The van der Waals surface area contributed by atoms with E-state index in [9.17, 15) is 0 Å². The van der Waals surface area contributed by atoms with Crippen molar-refractivity contribution in [2.75, 3.05) is 0 Å².